The Labute approximate surface area is 157 Å². The molecule has 0 aliphatic carbocycles. The molecule has 1 N–H and O–H groups in total. The Morgan fingerprint density at radius 3 is 2.31 bits per heavy atom. The zero-order valence-electron chi connectivity index (χ0n) is 16.3. The van der Waals surface area contributed by atoms with Gasteiger partial charge in [-0.05, 0) is 42.2 Å². The van der Waals surface area contributed by atoms with Crippen molar-refractivity contribution in [2.75, 3.05) is 26.8 Å². The topological polar surface area (TPSA) is 41.9 Å². The number of aryl methyl sites for hydroxylation is 1. The first-order valence-corrected chi connectivity index (χ1v) is 9.19. The highest BCUT2D eigenvalue weighted by Gasteiger charge is 2.15. The van der Waals surface area contributed by atoms with Gasteiger partial charge in [-0.3, -0.25) is 4.90 Å². The first kappa shape index (κ1) is 20.3. The van der Waals surface area contributed by atoms with Crippen molar-refractivity contribution in [3.8, 4) is 11.5 Å². The Hall–Kier alpha value is -2.04. The molecule has 0 unspecified atom stereocenters. The van der Waals surface area contributed by atoms with Crippen LogP contribution in [-0.2, 0) is 6.54 Å². The largest absolute Gasteiger partial charge is 0.497 e. The molecule has 0 fully saturated rings. The molecule has 0 heterocycles. The summed E-state index contributed by atoms with van der Waals surface area (Å²) in [4.78, 5) is 2.28. The highest BCUT2D eigenvalue weighted by Crippen LogP contribution is 2.17. The van der Waals surface area contributed by atoms with Crippen LogP contribution >= 0.6 is 0 Å². The number of benzene rings is 2. The number of aliphatic hydroxyl groups is 1. The van der Waals surface area contributed by atoms with E-state index in [1.807, 2.05) is 43.3 Å². The summed E-state index contributed by atoms with van der Waals surface area (Å²) in [5, 5.41) is 10.5. The summed E-state index contributed by atoms with van der Waals surface area (Å²) in [5.41, 5.74) is 2.29. The fraction of sp³-hybridized carbons (Fsp3) is 0.455. The molecular weight excluding hydrogens is 326 g/mol. The van der Waals surface area contributed by atoms with Gasteiger partial charge in [-0.2, -0.15) is 0 Å². The fourth-order valence-corrected chi connectivity index (χ4v) is 2.96. The molecule has 2 aromatic rings. The first-order valence-electron chi connectivity index (χ1n) is 9.19. The average molecular weight is 357 g/mol. The quantitative estimate of drug-likeness (QED) is 0.700. The van der Waals surface area contributed by atoms with Gasteiger partial charge < -0.3 is 14.6 Å². The molecule has 4 nitrogen and oxygen atoms in total. The SMILES string of the molecule is COc1ccc(CN(CC(C)C)C[C@H](O)COc2ccccc2C)cc1. The number of aliphatic hydroxyl groups excluding tert-OH is 1. The van der Waals surface area contributed by atoms with Crippen LogP contribution in [0.2, 0.25) is 0 Å². The highest BCUT2D eigenvalue weighted by atomic mass is 16.5. The Bertz CT molecular complexity index is 655. The molecule has 2 rings (SSSR count). The van der Waals surface area contributed by atoms with E-state index in [4.69, 9.17) is 9.47 Å². The van der Waals surface area contributed by atoms with Gasteiger partial charge >= 0.3 is 0 Å². The normalized spacial score (nSPS) is 12.4. The molecule has 0 saturated heterocycles. The van der Waals surface area contributed by atoms with Crippen LogP contribution in [-0.4, -0.2) is 42.9 Å². The van der Waals surface area contributed by atoms with Gasteiger partial charge in [0.15, 0.2) is 0 Å². The molecule has 4 heteroatoms. The summed E-state index contributed by atoms with van der Waals surface area (Å²) < 4.78 is 11.0. The van der Waals surface area contributed by atoms with Gasteiger partial charge in [0.25, 0.3) is 0 Å². The molecule has 0 spiro atoms. The van der Waals surface area contributed by atoms with Crippen molar-refractivity contribution in [3.63, 3.8) is 0 Å². The van der Waals surface area contributed by atoms with E-state index >= 15 is 0 Å². The molecule has 142 valence electrons. The Kier molecular flexibility index (Phi) is 7.95. The average Bonchev–Trinajstić information content (AvgIpc) is 2.61. The van der Waals surface area contributed by atoms with E-state index in [1.54, 1.807) is 7.11 Å². The minimum absolute atomic E-state index is 0.294. The van der Waals surface area contributed by atoms with Crippen LogP contribution in [0.5, 0.6) is 11.5 Å². The predicted octanol–water partition coefficient (Wildman–Crippen LogP) is 3.90. The maximum Gasteiger partial charge on any atom is 0.122 e. The van der Waals surface area contributed by atoms with Gasteiger partial charge in [-0.1, -0.05) is 44.2 Å². The summed E-state index contributed by atoms with van der Waals surface area (Å²) in [6.07, 6.45) is -0.536. The Balaban J connectivity index is 1.91. The maximum atomic E-state index is 10.5. The highest BCUT2D eigenvalue weighted by molar-refractivity contribution is 5.31. The van der Waals surface area contributed by atoms with E-state index in [9.17, 15) is 5.11 Å². The fourth-order valence-electron chi connectivity index (χ4n) is 2.96. The second-order valence-electron chi connectivity index (χ2n) is 7.17. The third kappa shape index (κ3) is 6.70. The molecule has 26 heavy (non-hydrogen) atoms. The van der Waals surface area contributed by atoms with Gasteiger partial charge in [0.2, 0.25) is 0 Å². The van der Waals surface area contributed by atoms with Gasteiger partial charge in [0.05, 0.1) is 7.11 Å². The van der Waals surface area contributed by atoms with Crippen LogP contribution in [0.1, 0.15) is 25.0 Å². The minimum atomic E-state index is -0.536. The second-order valence-corrected chi connectivity index (χ2v) is 7.17. The third-order valence-corrected chi connectivity index (χ3v) is 4.18. The monoisotopic (exact) mass is 357 g/mol. The van der Waals surface area contributed by atoms with E-state index in [1.165, 1.54) is 5.56 Å². The lowest BCUT2D eigenvalue weighted by Crippen LogP contribution is -2.37. The van der Waals surface area contributed by atoms with Crippen molar-refractivity contribution in [3.05, 3.63) is 59.7 Å². The van der Waals surface area contributed by atoms with Crippen molar-refractivity contribution in [1.29, 1.82) is 0 Å². The second kappa shape index (κ2) is 10.2. The summed E-state index contributed by atoms with van der Waals surface area (Å²) in [6.45, 7) is 8.99. The lowest BCUT2D eigenvalue weighted by molar-refractivity contribution is 0.0613. The van der Waals surface area contributed by atoms with E-state index in [-0.39, 0.29) is 0 Å². The van der Waals surface area contributed by atoms with Crippen LogP contribution in [0.4, 0.5) is 0 Å². The van der Waals surface area contributed by atoms with Gasteiger partial charge in [0, 0.05) is 19.6 Å². The van der Waals surface area contributed by atoms with Crippen molar-refractivity contribution >= 4 is 0 Å². The van der Waals surface area contributed by atoms with Crippen LogP contribution in [0.3, 0.4) is 0 Å². The number of para-hydroxylation sites is 1. The van der Waals surface area contributed by atoms with Gasteiger partial charge in [-0.15, -0.1) is 0 Å². The number of ether oxygens (including phenoxy) is 2. The molecular formula is C22H31NO3. The van der Waals surface area contributed by atoms with Crippen molar-refractivity contribution in [2.24, 2.45) is 5.92 Å². The molecule has 0 bridgehead atoms. The summed E-state index contributed by atoms with van der Waals surface area (Å²) in [6, 6.07) is 16.0. The molecule has 0 saturated carbocycles. The van der Waals surface area contributed by atoms with Crippen molar-refractivity contribution in [2.45, 2.75) is 33.4 Å². The van der Waals surface area contributed by atoms with Crippen LogP contribution < -0.4 is 9.47 Å². The van der Waals surface area contributed by atoms with Crippen LogP contribution in [0, 0.1) is 12.8 Å². The standard InChI is InChI=1S/C22H31NO3/c1-17(2)13-23(14-19-9-11-21(25-4)12-10-19)15-20(24)16-26-22-8-6-5-7-18(22)3/h5-12,17,20,24H,13-16H2,1-4H3/t20-/m0/s1. The Morgan fingerprint density at radius 2 is 1.69 bits per heavy atom. The minimum Gasteiger partial charge on any atom is -0.497 e. The number of hydrogen-bond acceptors (Lipinski definition) is 4. The van der Waals surface area contributed by atoms with E-state index in [2.05, 4.69) is 30.9 Å². The number of rotatable bonds is 10. The Morgan fingerprint density at radius 1 is 1.00 bits per heavy atom. The molecule has 0 aliphatic heterocycles. The number of methoxy groups -OCH3 is 1. The lowest BCUT2D eigenvalue weighted by atomic mass is 10.1. The summed E-state index contributed by atoms with van der Waals surface area (Å²) in [7, 11) is 1.67. The van der Waals surface area contributed by atoms with Crippen LogP contribution in [0.15, 0.2) is 48.5 Å². The van der Waals surface area contributed by atoms with E-state index < -0.39 is 6.10 Å². The number of hydrogen-bond donors (Lipinski definition) is 1. The maximum absolute atomic E-state index is 10.5. The molecule has 0 amide bonds. The zero-order valence-corrected chi connectivity index (χ0v) is 16.3. The molecule has 2 aromatic carbocycles. The zero-order chi connectivity index (χ0) is 18.9. The molecule has 1 atom stereocenters. The lowest BCUT2D eigenvalue weighted by Gasteiger charge is -2.27. The van der Waals surface area contributed by atoms with Gasteiger partial charge in [-0.25, -0.2) is 0 Å². The third-order valence-electron chi connectivity index (χ3n) is 4.18. The number of nitrogens with zero attached hydrogens (tertiary/aromatic N) is 1. The van der Waals surface area contributed by atoms with E-state index in [0.717, 1.165) is 30.2 Å². The summed E-state index contributed by atoms with van der Waals surface area (Å²) >= 11 is 0. The summed E-state index contributed by atoms with van der Waals surface area (Å²) in [5.74, 6) is 2.21. The van der Waals surface area contributed by atoms with E-state index in [0.29, 0.717) is 19.1 Å². The van der Waals surface area contributed by atoms with Crippen molar-refractivity contribution in [1.82, 2.24) is 4.90 Å². The molecule has 0 radical (unpaired) electrons. The smallest absolute Gasteiger partial charge is 0.122 e. The molecule has 0 aromatic heterocycles. The van der Waals surface area contributed by atoms with Crippen LogP contribution in [0.25, 0.3) is 0 Å². The predicted molar refractivity (Wildman–Crippen MR) is 106 cm³/mol. The molecule has 0 aliphatic rings. The van der Waals surface area contributed by atoms with Gasteiger partial charge in [0.1, 0.15) is 24.2 Å². The first-order chi connectivity index (χ1) is 12.5. The van der Waals surface area contributed by atoms with Crippen molar-refractivity contribution < 1.29 is 14.6 Å².